The second-order valence-electron chi connectivity index (χ2n) is 8.05. The summed E-state index contributed by atoms with van der Waals surface area (Å²) < 4.78 is 13.8. The first kappa shape index (κ1) is 22.1. The van der Waals surface area contributed by atoms with Crippen molar-refractivity contribution in [2.45, 2.75) is 44.6 Å². The second-order valence-corrected chi connectivity index (χ2v) is 8.93. The second kappa shape index (κ2) is 9.03. The van der Waals surface area contributed by atoms with Crippen LogP contribution < -0.4 is 5.32 Å². The van der Waals surface area contributed by atoms with E-state index in [-0.39, 0.29) is 23.2 Å². The number of nitrogens with zero attached hydrogens (tertiary/aromatic N) is 1. The van der Waals surface area contributed by atoms with Gasteiger partial charge in [-0.2, -0.15) is 0 Å². The van der Waals surface area contributed by atoms with Crippen molar-refractivity contribution in [2.75, 3.05) is 20.1 Å². The molecule has 29 heavy (non-hydrogen) atoms. The summed E-state index contributed by atoms with van der Waals surface area (Å²) in [6, 6.07) is 10.4. The Balaban J connectivity index is 1.85. The zero-order chi connectivity index (χ0) is 21.2. The zero-order valence-corrected chi connectivity index (χ0v) is 18.6. The van der Waals surface area contributed by atoms with Crippen molar-refractivity contribution in [3.05, 3.63) is 69.0 Å². The number of carbonyl (C=O) groups is 1. The standard InChI is InChI=1S/C23H27Cl2FN2O/c1-15-10-18(4-5-21(15)26)23(6-8-27-9-7-23)14-22(29)28(3)16(2)17-11-19(24)13-20(25)12-17/h4-5,10-13,16,27H,6-9,14H2,1-3H3. The number of hydrogen-bond acceptors (Lipinski definition) is 2. The van der Waals surface area contributed by atoms with Crippen LogP contribution in [0, 0.1) is 12.7 Å². The topological polar surface area (TPSA) is 32.3 Å². The average molecular weight is 437 g/mol. The molecule has 0 radical (unpaired) electrons. The third kappa shape index (κ3) is 4.93. The Morgan fingerprint density at radius 2 is 1.79 bits per heavy atom. The molecule has 1 atom stereocenters. The van der Waals surface area contributed by atoms with Gasteiger partial charge in [0.1, 0.15) is 5.82 Å². The highest BCUT2D eigenvalue weighted by molar-refractivity contribution is 6.34. The normalized spacial score (nSPS) is 17.0. The molecule has 6 heteroatoms. The van der Waals surface area contributed by atoms with Gasteiger partial charge in [-0.05, 0) is 80.7 Å². The molecular weight excluding hydrogens is 410 g/mol. The molecule has 1 amide bonds. The lowest BCUT2D eigenvalue weighted by Crippen LogP contribution is -2.44. The monoisotopic (exact) mass is 436 g/mol. The van der Waals surface area contributed by atoms with Crippen LogP contribution >= 0.6 is 23.2 Å². The molecule has 1 saturated heterocycles. The summed E-state index contributed by atoms with van der Waals surface area (Å²) in [6.07, 6.45) is 2.07. The highest BCUT2D eigenvalue weighted by Gasteiger charge is 2.37. The molecule has 1 aliphatic heterocycles. The van der Waals surface area contributed by atoms with Gasteiger partial charge in [-0.25, -0.2) is 4.39 Å². The third-order valence-corrected chi connectivity index (χ3v) is 6.60. The van der Waals surface area contributed by atoms with E-state index in [1.54, 1.807) is 17.9 Å². The first-order chi connectivity index (χ1) is 13.7. The first-order valence-electron chi connectivity index (χ1n) is 9.91. The fraction of sp³-hybridized carbons (Fsp3) is 0.435. The maximum absolute atomic E-state index is 13.8. The van der Waals surface area contributed by atoms with Gasteiger partial charge >= 0.3 is 0 Å². The summed E-state index contributed by atoms with van der Waals surface area (Å²) in [7, 11) is 1.81. The third-order valence-electron chi connectivity index (χ3n) is 6.16. The quantitative estimate of drug-likeness (QED) is 0.654. The smallest absolute Gasteiger partial charge is 0.223 e. The number of nitrogens with one attached hydrogen (secondary N) is 1. The van der Waals surface area contributed by atoms with E-state index in [4.69, 9.17) is 23.2 Å². The van der Waals surface area contributed by atoms with E-state index in [1.807, 2.05) is 38.2 Å². The molecule has 156 valence electrons. The van der Waals surface area contributed by atoms with Crippen molar-refractivity contribution in [3.8, 4) is 0 Å². The minimum absolute atomic E-state index is 0.0532. The number of hydrogen-bond donors (Lipinski definition) is 1. The van der Waals surface area contributed by atoms with Crippen molar-refractivity contribution in [2.24, 2.45) is 0 Å². The van der Waals surface area contributed by atoms with Gasteiger partial charge in [-0.1, -0.05) is 35.3 Å². The van der Waals surface area contributed by atoms with Crippen molar-refractivity contribution >= 4 is 29.1 Å². The molecule has 0 aliphatic carbocycles. The van der Waals surface area contributed by atoms with Gasteiger partial charge in [0.05, 0.1) is 6.04 Å². The SMILES string of the molecule is Cc1cc(C2(CC(=O)N(C)C(C)c3cc(Cl)cc(Cl)c3)CCNCC2)ccc1F. The van der Waals surface area contributed by atoms with Gasteiger partial charge < -0.3 is 10.2 Å². The van der Waals surface area contributed by atoms with Gasteiger partial charge in [0.25, 0.3) is 0 Å². The number of amides is 1. The molecule has 0 saturated carbocycles. The predicted octanol–water partition coefficient (Wildman–Crippen LogP) is 5.67. The number of benzene rings is 2. The molecule has 1 fully saturated rings. The van der Waals surface area contributed by atoms with Crippen LogP contribution in [-0.2, 0) is 10.2 Å². The van der Waals surface area contributed by atoms with Gasteiger partial charge in [-0.3, -0.25) is 4.79 Å². The molecular formula is C23H27Cl2FN2O. The highest BCUT2D eigenvalue weighted by Crippen LogP contribution is 2.39. The molecule has 1 unspecified atom stereocenters. The van der Waals surface area contributed by atoms with E-state index in [2.05, 4.69) is 5.32 Å². The van der Waals surface area contributed by atoms with Crippen molar-refractivity contribution in [1.29, 1.82) is 0 Å². The molecule has 0 aromatic heterocycles. The van der Waals surface area contributed by atoms with Crippen molar-refractivity contribution in [3.63, 3.8) is 0 Å². The predicted molar refractivity (Wildman–Crippen MR) is 117 cm³/mol. The summed E-state index contributed by atoms with van der Waals surface area (Å²) in [6.45, 7) is 5.42. The first-order valence-corrected chi connectivity index (χ1v) is 10.7. The van der Waals surface area contributed by atoms with Gasteiger partial charge in [0, 0.05) is 28.9 Å². The molecule has 1 heterocycles. The van der Waals surface area contributed by atoms with E-state index < -0.39 is 0 Å². The lowest BCUT2D eigenvalue weighted by molar-refractivity contribution is -0.133. The van der Waals surface area contributed by atoms with Crippen LogP contribution in [0.15, 0.2) is 36.4 Å². The van der Waals surface area contributed by atoms with Crippen LogP contribution in [0.25, 0.3) is 0 Å². The maximum Gasteiger partial charge on any atom is 0.223 e. The van der Waals surface area contributed by atoms with Crippen molar-refractivity contribution < 1.29 is 9.18 Å². The minimum Gasteiger partial charge on any atom is -0.339 e. The molecule has 3 nitrogen and oxygen atoms in total. The minimum atomic E-state index is -0.291. The number of aryl methyl sites for hydroxylation is 1. The van der Waals surface area contributed by atoms with Gasteiger partial charge in [0.2, 0.25) is 5.91 Å². The molecule has 3 rings (SSSR count). The Bertz CT molecular complexity index is 876. The molecule has 0 bridgehead atoms. The van der Waals surface area contributed by atoms with Crippen LogP contribution in [-0.4, -0.2) is 30.9 Å². The lowest BCUT2D eigenvalue weighted by atomic mass is 9.70. The lowest BCUT2D eigenvalue weighted by Gasteiger charge is -2.39. The molecule has 1 aliphatic rings. The van der Waals surface area contributed by atoms with E-state index in [1.165, 1.54) is 6.07 Å². The Labute approximate surface area is 182 Å². The Morgan fingerprint density at radius 1 is 1.17 bits per heavy atom. The number of carbonyl (C=O) groups excluding carboxylic acids is 1. The van der Waals surface area contributed by atoms with Gasteiger partial charge in [0.15, 0.2) is 0 Å². The molecule has 2 aromatic rings. The van der Waals surface area contributed by atoms with Crippen LogP contribution in [0.3, 0.4) is 0 Å². The van der Waals surface area contributed by atoms with Crippen LogP contribution in [0.5, 0.6) is 0 Å². The number of piperidine rings is 1. The van der Waals surface area contributed by atoms with Crippen molar-refractivity contribution in [1.82, 2.24) is 10.2 Å². The van der Waals surface area contributed by atoms with Crippen LogP contribution in [0.2, 0.25) is 10.0 Å². The number of halogens is 3. The summed E-state index contributed by atoms with van der Waals surface area (Å²) >= 11 is 12.3. The molecule has 1 N–H and O–H groups in total. The zero-order valence-electron chi connectivity index (χ0n) is 17.1. The molecule has 2 aromatic carbocycles. The average Bonchev–Trinajstić information content (AvgIpc) is 2.68. The Hall–Kier alpha value is -1.62. The van der Waals surface area contributed by atoms with E-state index >= 15 is 0 Å². The highest BCUT2D eigenvalue weighted by atomic mass is 35.5. The van der Waals surface area contributed by atoms with Crippen LogP contribution in [0.1, 0.15) is 48.9 Å². The maximum atomic E-state index is 13.8. The fourth-order valence-electron chi connectivity index (χ4n) is 4.12. The Kier molecular flexibility index (Phi) is 6.87. The number of rotatable bonds is 5. The van der Waals surface area contributed by atoms with Gasteiger partial charge in [-0.15, -0.1) is 0 Å². The fourth-order valence-corrected chi connectivity index (χ4v) is 4.66. The summed E-state index contributed by atoms with van der Waals surface area (Å²) in [5.74, 6) is -0.162. The largest absolute Gasteiger partial charge is 0.339 e. The van der Waals surface area contributed by atoms with E-state index in [0.29, 0.717) is 22.0 Å². The molecule has 0 spiro atoms. The van der Waals surface area contributed by atoms with Crippen LogP contribution in [0.4, 0.5) is 4.39 Å². The summed E-state index contributed by atoms with van der Waals surface area (Å²) in [5.41, 5.74) is 2.26. The summed E-state index contributed by atoms with van der Waals surface area (Å²) in [5, 5.41) is 4.48. The van der Waals surface area contributed by atoms with E-state index in [9.17, 15) is 9.18 Å². The van der Waals surface area contributed by atoms with E-state index in [0.717, 1.165) is 37.1 Å². The summed E-state index contributed by atoms with van der Waals surface area (Å²) in [4.78, 5) is 15.0. The Morgan fingerprint density at radius 3 is 2.38 bits per heavy atom.